The van der Waals surface area contributed by atoms with E-state index in [1.807, 2.05) is 6.26 Å². The molecule has 2 amide bonds. The summed E-state index contributed by atoms with van der Waals surface area (Å²) in [5, 5.41) is 6.04. The molecule has 0 heterocycles. The van der Waals surface area contributed by atoms with E-state index in [9.17, 15) is 9.59 Å². The summed E-state index contributed by atoms with van der Waals surface area (Å²) >= 11 is 0. The summed E-state index contributed by atoms with van der Waals surface area (Å²) in [5.74, 6) is 0.244. The highest BCUT2D eigenvalue weighted by Crippen LogP contribution is 2.14. The third-order valence-corrected chi connectivity index (χ3v) is 2.82. The molecular formula is C7H13N3O2S2. The first-order chi connectivity index (χ1) is 6.66. The molecule has 0 bridgehead atoms. The van der Waals surface area contributed by atoms with Crippen molar-refractivity contribution < 1.29 is 9.59 Å². The monoisotopic (exact) mass is 235 g/mol. The molecular weight excluding hydrogens is 222 g/mol. The van der Waals surface area contributed by atoms with Crippen molar-refractivity contribution in [3.05, 3.63) is 0 Å². The molecule has 0 aliphatic rings. The van der Waals surface area contributed by atoms with E-state index in [1.54, 1.807) is 21.6 Å². The molecule has 7 heteroatoms. The van der Waals surface area contributed by atoms with Gasteiger partial charge in [-0.15, -0.1) is 0 Å². The van der Waals surface area contributed by atoms with E-state index in [0.29, 0.717) is 6.54 Å². The summed E-state index contributed by atoms with van der Waals surface area (Å²) in [6.07, 6.45) is 3.02. The summed E-state index contributed by atoms with van der Waals surface area (Å²) in [5.41, 5.74) is 2.14. The van der Waals surface area contributed by atoms with Gasteiger partial charge in [0.05, 0.1) is 0 Å². The molecule has 0 spiro atoms. The van der Waals surface area contributed by atoms with Crippen molar-refractivity contribution in [2.75, 3.05) is 18.6 Å². The Hall–Kier alpha value is -0.690. The Kier molecular flexibility index (Phi) is 8.45. The van der Waals surface area contributed by atoms with Gasteiger partial charge in [-0.05, 0) is 6.26 Å². The van der Waals surface area contributed by atoms with E-state index in [0.717, 1.165) is 12.0 Å². The van der Waals surface area contributed by atoms with Gasteiger partial charge < -0.3 is 5.32 Å². The Morgan fingerprint density at radius 3 is 2.79 bits per heavy atom. The second-order valence-electron chi connectivity index (χ2n) is 2.21. The zero-order valence-corrected chi connectivity index (χ0v) is 9.70. The third kappa shape index (κ3) is 9.40. The minimum atomic E-state index is -0.305. The summed E-state index contributed by atoms with van der Waals surface area (Å²) in [6.45, 7) is 1.92. The molecule has 2 N–H and O–H groups in total. The number of nitrogens with zero attached hydrogens (tertiary/aromatic N) is 1. The van der Waals surface area contributed by atoms with Crippen molar-refractivity contribution in [2.45, 2.75) is 6.92 Å². The Bertz CT molecular complexity index is 221. The number of carbonyl (C=O) groups excluding carboxylic acids is 2. The molecule has 5 nitrogen and oxygen atoms in total. The highest BCUT2D eigenvalue weighted by atomic mass is 33.1. The van der Waals surface area contributed by atoms with Crippen molar-refractivity contribution in [2.24, 2.45) is 5.10 Å². The van der Waals surface area contributed by atoms with Crippen LogP contribution in [0.25, 0.3) is 0 Å². The number of rotatable bonds is 6. The largest absolute Gasteiger partial charge is 0.350 e. The highest BCUT2D eigenvalue weighted by molar-refractivity contribution is 8.76. The SMILES string of the molecule is CSSCCNC(=O)/C=N/NC(C)=O. The number of amides is 2. The molecule has 0 saturated heterocycles. The van der Waals surface area contributed by atoms with Crippen LogP contribution in [0.2, 0.25) is 0 Å². The van der Waals surface area contributed by atoms with Crippen LogP contribution in [-0.2, 0) is 9.59 Å². The minimum Gasteiger partial charge on any atom is -0.350 e. The maximum Gasteiger partial charge on any atom is 0.264 e. The lowest BCUT2D eigenvalue weighted by atomic mass is 10.6. The lowest BCUT2D eigenvalue weighted by Gasteiger charge is -1.99. The van der Waals surface area contributed by atoms with E-state index < -0.39 is 0 Å². The normalized spacial score (nSPS) is 10.1. The van der Waals surface area contributed by atoms with E-state index in [2.05, 4.69) is 15.8 Å². The van der Waals surface area contributed by atoms with Crippen molar-refractivity contribution in [3.63, 3.8) is 0 Å². The first-order valence-electron chi connectivity index (χ1n) is 3.90. The van der Waals surface area contributed by atoms with Gasteiger partial charge in [0.15, 0.2) is 0 Å². The molecule has 0 aromatic heterocycles. The van der Waals surface area contributed by atoms with Crippen LogP contribution in [0.5, 0.6) is 0 Å². The van der Waals surface area contributed by atoms with Gasteiger partial charge in [-0.1, -0.05) is 21.6 Å². The fraction of sp³-hybridized carbons (Fsp3) is 0.571. The maximum absolute atomic E-state index is 11.0. The van der Waals surface area contributed by atoms with Crippen molar-refractivity contribution >= 4 is 39.6 Å². The van der Waals surface area contributed by atoms with Gasteiger partial charge in [0.2, 0.25) is 5.91 Å². The minimum absolute atomic E-state index is 0.299. The Morgan fingerprint density at radius 2 is 2.21 bits per heavy atom. The molecule has 0 radical (unpaired) electrons. The summed E-state index contributed by atoms with van der Waals surface area (Å²) in [4.78, 5) is 21.3. The second-order valence-corrected chi connectivity index (χ2v) is 4.89. The molecule has 0 aliphatic carbocycles. The number of hydrazone groups is 1. The Morgan fingerprint density at radius 1 is 1.50 bits per heavy atom. The summed E-state index contributed by atoms with van der Waals surface area (Å²) in [6, 6.07) is 0. The van der Waals surface area contributed by atoms with Crippen LogP contribution in [0.3, 0.4) is 0 Å². The first kappa shape index (κ1) is 13.3. The van der Waals surface area contributed by atoms with Gasteiger partial charge in [0.25, 0.3) is 5.91 Å². The van der Waals surface area contributed by atoms with Gasteiger partial charge in [-0.25, -0.2) is 5.43 Å². The van der Waals surface area contributed by atoms with Crippen molar-refractivity contribution in [1.82, 2.24) is 10.7 Å². The average molecular weight is 235 g/mol. The zero-order chi connectivity index (χ0) is 10.8. The highest BCUT2D eigenvalue weighted by Gasteiger charge is 1.94. The zero-order valence-electron chi connectivity index (χ0n) is 8.07. The molecule has 0 saturated carbocycles. The molecule has 0 unspecified atom stereocenters. The smallest absolute Gasteiger partial charge is 0.264 e. The Labute approximate surface area is 90.9 Å². The van der Waals surface area contributed by atoms with E-state index in [-0.39, 0.29) is 11.8 Å². The second kappa shape index (κ2) is 8.89. The molecule has 80 valence electrons. The fourth-order valence-electron chi connectivity index (χ4n) is 0.527. The van der Waals surface area contributed by atoms with Crippen LogP contribution in [0.15, 0.2) is 5.10 Å². The summed E-state index contributed by atoms with van der Waals surface area (Å²) < 4.78 is 0. The van der Waals surface area contributed by atoms with Crippen LogP contribution in [0.4, 0.5) is 0 Å². The van der Waals surface area contributed by atoms with Crippen LogP contribution >= 0.6 is 21.6 Å². The molecule has 0 rings (SSSR count). The lowest BCUT2D eigenvalue weighted by Crippen LogP contribution is -2.27. The van der Waals surface area contributed by atoms with Crippen molar-refractivity contribution in [3.8, 4) is 0 Å². The van der Waals surface area contributed by atoms with Gasteiger partial charge in [-0.3, -0.25) is 9.59 Å². The van der Waals surface area contributed by atoms with Crippen LogP contribution in [0, 0.1) is 0 Å². The van der Waals surface area contributed by atoms with Gasteiger partial charge >= 0.3 is 0 Å². The number of hydrogen-bond donors (Lipinski definition) is 2. The van der Waals surface area contributed by atoms with Crippen LogP contribution in [0.1, 0.15) is 6.92 Å². The maximum atomic E-state index is 11.0. The average Bonchev–Trinajstić information content (AvgIpc) is 2.12. The fourth-order valence-corrected chi connectivity index (χ4v) is 1.63. The van der Waals surface area contributed by atoms with Crippen molar-refractivity contribution in [1.29, 1.82) is 0 Å². The van der Waals surface area contributed by atoms with E-state index in [4.69, 9.17) is 0 Å². The lowest BCUT2D eigenvalue weighted by molar-refractivity contribution is -0.118. The van der Waals surface area contributed by atoms with Gasteiger partial charge in [0, 0.05) is 19.2 Å². The predicted molar refractivity (Wildman–Crippen MR) is 61.3 cm³/mol. The molecule has 0 aromatic carbocycles. The van der Waals surface area contributed by atoms with Crippen LogP contribution < -0.4 is 10.7 Å². The van der Waals surface area contributed by atoms with Crippen LogP contribution in [-0.4, -0.2) is 36.6 Å². The van der Waals surface area contributed by atoms with Gasteiger partial charge in [0.1, 0.15) is 6.21 Å². The molecule has 0 aliphatic heterocycles. The number of carbonyl (C=O) groups is 2. The molecule has 0 aromatic rings. The molecule has 0 fully saturated rings. The van der Waals surface area contributed by atoms with Gasteiger partial charge in [-0.2, -0.15) is 5.10 Å². The summed E-state index contributed by atoms with van der Waals surface area (Å²) in [7, 11) is 3.32. The number of hydrogen-bond acceptors (Lipinski definition) is 5. The number of nitrogens with one attached hydrogen (secondary N) is 2. The molecule has 0 atom stereocenters. The predicted octanol–water partition coefficient (Wildman–Crippen LogP) is 0.236. The molecule has 14 heavy (non-hydrogen) atoms. The Balaban J connectivity index is 3.45. The van der Waals surface area contributed by atoms with E-state index in [1.165, 1.54) is 6.92 Å². The van der Waals surface area contributed by atoms with E-state index >= 15 is 0 Å². The topological polar surface area (TPSA) is 70.6 Å². The standard InChI is InChI=1S/C7H13N3O2S2/c1-6(11)10-9-5-7(12)8-3-4-14-13-2/h5H,3-4H2,1-2H3,(H,8,12)(H,10,11)/b9-5+. The quantitative estimate of drug-likeness (QED) is 0.299. The first-order valence-corrected chi connectivity index (χ1v) is 6.62. The third-order valence-electron chi connectivity index (χ3n) is 1.01.